The number of nitriles is 1. The van der Waals surface area contributed by atoms with Crippen molar-refractivity contribution in [2.24, 2.45) is 4.99 Å². The van der Waals surface area contributed by atoms with E-state index >= 15 is 0 Å². The Morgan fingerprint density at radius 1 is 1.04 bits per heavy atom. The number of thiazole rings is 2. The number of nitrogens with one attached hydrogen (secondary N) is 2. The highest BCUT2D eigenvalue weighted by atomic mass is 32.2. The van der Waals surface area contributed by atoms with Crippen LogP contribution in [0.5, 0.6) is 0 Å². The van der Waals surface area contributed by atoms with Crippen molar-refractivity contribution in [1.82, 2.24) is 20.6 Å². The van der Waals surface area contributed by atoms with Gasteiger partial charge < -0.3 is 10.6 Å². The molecule has 0 aliphatic heterocycles. The van der Waals surface area contributed by atoms with Gasteiger partial charge in [-0.05, 0) is 0 Å². The van der Waals surface area contributed by atoms with E-state index in [4.69, 9.17) is 5.26 Å². The van der Waals surface area contributed by atoms with Crippen molar-refractivity contribution in [2.45, 2.75) is 11.5 Å². The van der Waals surface area contributed by atoms with Crippen molar-refractivity contribution in [3.05, 3.63) is 33.2 Å². The molecular formula is C14H18N6S4. The highest BCUT2D eigenvalue weighted by Gasteiger charge is 2.00. The van der Waals surface area contributed by atoms with Crippen molar-refractivity contribution < 1.29 is 0 Å². The molecule has 0 radical (unpaired) electrons. The largest absolute Gasteiger partial charge is 0.355 e. The maximum atomic E-state index is 8.75. The molecule has 0 bridgehead atoms. The predicted octanol–water partition coefficient (Wildman–Crippen LogP) is 2.78. The summed E-state index contributed by atoms with van der Waals surface area (Å²) in [7, 11) is 0. The summed E-state index contributed by atoms with van der Waals surface area (Å²) in [4.78, 5) is 12.3. The number of guanidine groups is 1. The Labute approximate surface area is 158 Å². The Hall–Kier alpha value is -1.28. The van der Waals surface area contributed by atoms with Gasteiger partial charge in [0.2, 0.25) is 12.2 Å². The zero-order valence-corrected chi connectivity index (χ0v) is 16.2. The van der Waals surface area contributed by atoms with Gasteiger partial charge in [-0.25, -0.2) is 9.97 Å². The zero-order valence-electron chi connectivity index (χ0n) is 13.0. The van der Waals surface area contributed by atoms with E-state index in [-0.39, 0.29) is 0 Å². The van der Waals surface area contributed by atoms with Crippen LogP contribution in [0.3, 0.4) is 0 Å². The van der Waals surface area contributed by atoms with Crippen LogP contribution in [-0.4, -0.2) is 40.5 Å². The number of hydrogen-bond acceptors (Lipinski definition) is 8. The summed E-state index contributed by atoms with van der Waals surface area (Å²) < 4.78 is 0. The fourth-order valence-electron chi connectivity index (χ4n) is 1.64. The second kappa shape index (κ2) is 12.1. The highest BCUT2D eigenvalue weighted by Crippen LogP contribution is 2.14. The zero-order chi connectivity index (χ0) is 16.9. The molecule has 0 atom stereocenters. The van der Waals surface area contributed by atoms with Gasteiger partial charge in [0.15, 0.2) is 0 Å². The first-order chi connectivity index (χ1) is 11.9. The van der Waals surface area contributed by atoms with E-state index in [2.05, 4.69) is 25.6 Å². The smallest absolute Gasteiger partial charge is 0.209 e. The molecule has 2 aromatic heterocycles. The molecule has 2 aromatic rings. The van der Waals surface area contributed by atoms with E-state index < -0.39 is 0 Å². The van der Waals surface area contributed by atoms with E-state index in [0.717, 1.165) is 46.1 Å². The monoisotopic (exact) mass is 398 g/mol. The van der Waals surface area contributed by atoms with Gasteiger partial charge in [-0.2, -0.15) is 28.8 Å². The number of aliphatic imine (C=N–C) groups is 1. The average Bonchev–Trinajstić information content (AvgIpc) is 3.27. The van der Waals surface area contributed by atoms with Gasteiger partial charge in [0.05, 0.1) is 0 Å². The molecule has 0 fully saturated rings. The summed E-state index contributed by atoms with van der Waals surface area (Å²) in [5, 5.41) is 21.3. The molecule has 0 aromatic carbocycles. The van der Waals surface area contributed by atoms with Crippen LogP contribution >= 0.6 is 46.2 Å². The van der Waals surface area contributed by atoms with E-state index in [1.807, 2.05) is 52.9 Å². The molecule has 10 heteroatoms. The second-order valence-electron chi connectivity index (χ2n) is 4.37. The number of hydrogen-bond donors (Lipinski definition) is 2. The summed E-state index contributed by atoms with van der Waals surface area (Å²) in [6.07, 6.45) is 5.48. The second-order valence-corrected chi connectivity index (χ2v) is 8.54. The minimum absolute atomic E-state index is 0.544. The quantitative estimate of drug-likeness (QED) is 0.275. The van der Waals surface area contributed by atoms with Crippen molar-refractivity contribution in [1.29, 1.82) is 5.26 Å². The summed E-state index contributed by atoms with van der Waals surface area (Å²) >= 11 is 6.97. The lowest BCUT2D eigenvalue weighted by Crippen LogP contribution is -2.39. The normalized spacial score (nSPS) is 10.1. The van der Waals surface area contributed by atoms with Gasteiger partial charge in [0, 0.05) is 59.3 Å². The first-order valence-corrected chi connectivity index (χ1v) is 11.3. The fraction of sp³-hybridized carbons (Fsp3) is 0.429. The third-order valence-electron chi connectivity index (χ3n) is 2.66. The Morgan fingerprint density at radius 2 is 1.58 bits per heavy atom. The van der Waals surface area contributed by atoms with Crippen LogP contribution in [0.25, 0.3) is 0 Å². The van der Waals surface area contributed by atoms with Gasteiger partial charge >= 0.3 is 0 Å². The fourth-order valence-corrected chi connectivity index (χ4v) is 4.77. The molecule has 2 rings (SSSR count). The molecule has 0 saturated heterocycles. The highest BCUT2D eigenvalue weighted by molar-refractivity contribution is 7.98. The van der Waals surface area contributed by atoms with Gasteiger partial charge in [0.25, 0.3) is 0 Å². The third kappa shape index (κ3) is 8.01. The number of aromatic nitrogens is 2. The third-order valence-corrected chi connectivity index (χ3v) is 6.52. The van der Waals surface area contributed by atoms with Crippen LogP contribution < -0.4 is 10.6 Å². The van der Waals surface area contributed by atoms with E-state index in [9.17, 15) is 0 Å². The first kappa shape index (κ1) is 19.1. The van der Waals surface area contributed by atoms with Gasteiger partial charge in [-0.3, -0.25) is 0 Å². The minimum Gasteiger partial charge on any atom is -0.355 e. The molecule has 0 aliphatic carbocycles. The number of rotatable bonds is 10. The SMILES string of the molecule is N#CN=C(NCCSCc1nccs1)NCCSCc1nccs1. The van der Waals surface area contributed by atoms with E-state index in [1.54, 1.807) is 22.7 Å². The average molecular weight is 399 g/mol. The van der Waals surface area contributed by atoms with Gasteiger partial charge in [-0.1, -0.05) is 0 Å². The van der Waals surface area contributed by atoms with Crippen molar-refractivity contribution >= 4 is 52.2 Å². The van der Waals surface area contributed by atoms with Crippen LogP contribution in [0.2, 0.25) is 0 Å². The molecule has 6 nitrogen and oxygen atoms in total. The Bertz CT molecular complexity index is 574. The van der Waals surface area contributed by atoms with Crippen LogP contribution in [0.15, 0.2) is 28.1 Å². The maximum absolute atomic E-state index is 8.75. The van der Waals surface area contributed by atoms with Gasteiger partial charge in [-0.15, -0.1) is 27.7 Å². The molecule has 2 N–H and O–H groups in total. The first-order valence-electron chi connectivity index (χ1n) is 7.25. The lowest BCUT2D eigenvalue weighted by atomic mass is 10.6. The summed E-state index contributed by atoms with van der Waals surface area (Å²) in [6, 6.07) is 0. The Balaban J connectivity index is 1.52. The molecular weight excluding hydrogens is 380 g/mol. The predicted molar refractivity (Wildman–Crippen MR) is 106 cm³/mol. The van der Waals surface area contributed by atoms with Crippen LogP contribution in [0, 0.1) is 11.5 Å². The molecule has 128 valence electrons. The summed E-state index contributed by atoms with van der Waals surface area (Å²) in [5.74, 6) is 4.26. The molecule has 0 unspecified atom stereocenters. The Morgan fingerprint density at radius 3 is 2.00 bits per heavy atom. The number of thioether (sulfide) groups is 2. The standard InChI is InChI=1S/C14H18N6S4/c15-11-20-14(18-1-5-21-9-12-16-3-7-23-12)19-2-6-22-10-13-17-4-8-24-13/h3-4,7-8H,1-2,5-6,9-10H2,(H2,18,19,20). The van der Waals surface area contributed by atoms with Crippen LogP contribution in [0.1, 0.15) is 10.0 Å². The van der Waals surface area contributed by atoms with Gasteiger partial charge in [0.1, 0.15) is 10.0 Å². The molecule has 24 heavy (non-hydrogen) atoms. The molecule has 0 aliphatic rings. The lowest BCUT2D eigenvalue weighted by Gasteiger charge is -2.10. The molecule has 2 heterocycles. The molecule has 0 spiro atoms. The van der Waals surface area contributed by atoms with E-state index in [0.29, 0.717) is 5.96 Å². The number of nitrogens with zero attached hydrogens (tertiary/aromatic N) is 4. The summed E-state index contributed by atoms with van der Waals surface area (Å²) in [5.41, 5.74) is 0. The minimum atomic E-state index is 0.544. The maximum Gasteiger partial charge on any atom is 0.209 e. The molecule has 0 amide bonds. The van der Waals surface area contributed by atoms with E-state index in [1.165, 1.54) is 0 Å². The Kier molecular flexibility index (Phi) is 9.63. The summed E-state index contributed by atoms with van der Waals surface area (Å²) in [6.45, 7) is 1.52. The topological polar surface area (TPSA) is 86.0 Å². The van der Waals surface area contributed by atoms with Crippen molar-refractivity contribution in [3.63, 3.8) is 0 Å². The molecule has 0 saturated carbocycles. The van der Waals surface area contributed by atoms with Crippen molar-refractivity contribution in [3.8, 4) is 6.19 Å². The van der Waals surface area contributed by atoms with Crippen molar-refractivity contribution in [2.75, 3.05) is 24.6 Å². The lowest BCUT2D eigenvalue weighted by molar-refractivity contribution is 0.868. The van der Waals surface area contributed by atoms with Crippen LogP contribution in [0.4, 0.5) is 0 Å². The van der Waals surface area contributed by atoms with Crippen LogP contribution in [-0.2, 0) is 11.5 Å².